The van der Waals surface area contributed by atoms with Gasteiger partial charge in [-0.15, -0.1) is 10.2 Å². The van der Waals surface area contributed by atoms with Gasteiger partial charge in [-0.05, 0) is 30.7 Å². The minimum absolute atomic E-state index is 0.260. The fourth-order valence-corrected chi connectivity index (χ4v) is 3.08. The second-order valence-electron chi connectivity index (χ2n) is 6.10. The van der Waals surface area contributed by atoms with Gasteiger partial charge < -0.3 is 9.15 Å². The van der Waals surface area contributed by atoms with Gasteiger partial charge in [0.2, 0.25) is 5.89 Å². The van der Waals surface area contributed by atoms with Gasteiger partial charge in [0.05, 0.1) is 19.2 Å². The molecule has 0 amide bonds. The van der Waals surface area contributed by atoms with Crippen molar-refractivity contribution in [3.05, 3.63) is 54.3 Å². The zero-order chi connectivity index (χ0) is 17.1. The molecule has 0 unspecified atom stereocenters. The van der Waals surface area contributed by atoms with E-state index in [1.54, 1.807) is 25.7 Å². The number of hydrogen-bond donors (Lipinski definition) is 0. The molecule has 128 valence electrons. The monoisotopic (exact) mass is 337 g/mol. The summed E-state index contributed by atoms with van der Waals surface area (Å²) >= 11 is 0. The Morgan fingerprint density at radius 1 is 1.20 bits per heavy atom. The van der Waals surface area contributed by atoms with Gasteiger partial charge in [0, 0.05) is 25.5 Å². The maximum absolute atomic E-state index is 5.81. The Hall–Kier alpha value is -2.80. The van der Waals surface area contributed by atoms with Crippen molar-refractivity contribution < 1.29 is 9.15 Å². The molecule has 0 saturated carbocycles. The second-order valence-corrected chi connectivity index (χ2v) is 6.10. The highest BCUT2D eigenvalue weighted by atomic mass is 16.5. The summed E-state index contributed by atoms with van der Waals surface area (Å²) in [4.78, 5) is 10.6. The first kappa shape index (κ1) is 15.7. The summed E-state index contributed by atoms with van der Waals surface area (Å²) in [6, 6.07) is 8.19. The van der Waals surface area contributed by atoms with Crippen molar-refractivity contribution in [3.8, 4) is 17.3 Å². The minimum atomic E-state index is 0.260. The lowest BCUT2D eigenvalue weighted by atomic mass is 10.1. The average molecular weight is 337 g/mol. The van der Waals surface area contributed by atoms with Crippen molar-refractivity contribution in [2.24, 2.45) is 0 Å². The summed E-state index contributed by atoms with van der Waals surface area (Å²) in [5, 5.41) is 8.32. The molecule has 7 heteroatoms. The standard InChI is InChI=1S/C18H19N5O2/c1-24-15-4-2-13(3-5-15)11-23-9-6-14(12-23)17-21-22-18(25-17)16-10-19-7-8-20-16/h2-5,7-8,10,14H,6,9,11-12H2,1H3/t14-/m0/s1. The summed E-state index contributed by atoms with van der Waals surface area (Å²) in [5.41, 5.74) is 1.88. The van der Waals surface area contributed by atoms with Crippen molar-refractivity contribution in [1.29, 1.82) is 0 Å². The smallest absolute Gasteiger partial charge is 0.267 e. The molecule has 1 fully saturated rings. The van der Waals surface area contributed by atoms with Gasteiger partial charge in [-0.1, -0.05) is 12.1 Å². The summed E-state index contributed by atoms with van der Waals surface area (Å²) in [6.45, 7) is 2.83. The van der Waals surface area contributed by atoms with Gasteiger partial charge in [-0.25, -0.2) is 4.98 Å². The molecule has 1 aliphatic heterocycles. The maximum Gasteiger partial charge on any atom is 0.267 e. The molecule has 3 aromatic rings. The quantitative estimate of drug-likeness (QED) is 0.708. The first-order chi connectivity index (χ1) is 12.3. The number of hydrogen-bond acceptors (Lipinski definition) is 7. The number of rotatable bonds is 5. The number of ether oxygens (including phenoxy) is 1. The van der Waals surface area contributed by atoms with E-state index in [2.05, 4.69) is 37.2 Å². The topological polar surface area (TPSA) is 77.2 Å². The minimum Gasteiger partial charge on any atom is -0.497 e. The number of likely N-dealkylation sites (tertiary alicyclic amines) is 1. The first-order valence-corrected chi connectivity index (χ1v) is 8.27. The van der Waals surface area contributed by atoms with Crippen LogP contribution in [0.5, 0.6) is 5.75 Å². The van der Waals surface area contributed by atoms with Gasteiger partial charge in [-0.3, -0.25) is 9.88 Å². The van der Waals surface area contributed by atoms with Gasteiger partial charge >= 0.3 is 0 Å². The van der Waals surface area contributed by atoms with E-state index in [1.807, 2.05) is 12.1 Å². The number of aromatic nitrogens is 4. The fraction of sp³-hybridized carbons (Fsp3) is 0.333. The lowest BCUT2D eigenvalue weighted by Gasteiger charge is -2.15. The summed E-state index contributed by atoms with van der Waals surface area (Å²) < 4.78 is 11.0. The Labute approximate surface area is 145 Å². The number of nitrogens with zero attached hydrogens (tertiary/aromatic N) is 5. The normalized spacial score (nSPS) is 17.7. The van der Waals surface area contributed by atoms with E-state index < -0.39 is 0 Å². The average Bonchev–Trinajstić information content (AvgIpc) is 3.32. The molecule has 7 nitrogen and oxygen atoms in total. The van der Waals surface area contributed by atoms with E-state index in [-0.39, 0.29) is 5.92 Å². The van der Waals surface area contributed by atoms with Crippen molar-refractivity contribution in [2.75, 3.05) is 20.2 Å². The second kappa shape index (κ2) is 6.98. The molecule has 1 aromatic carbocycles. The Bertz CT molecular complexity index is 819. The first-order valence-electron chi connectivity index (χ1n) is 8.27. The van der Waals surface area contributed by atoms with Crippen LogP contribution in [-0.2, 0) is 6.54 Å². The van der Waals surface area contributed by atoms with Crippen molar-refractivity contribution in [1.82, 2.24) is 25.1 Å². The SMILES string of the molecule is COc1ccc(CN2CC[C@H](c3nnc(-c4cnccn4)o3)C2)cc1. The molecule has 0 spiro atoms. The summed E-state index contributed by atoms with van der Waals surface area (Å²) in [6.07, 6.45) is 5.88. The van der Waals surface area contributed by atoms with Crippen LogP contribution in [0.2, 0.25) is 0 Å². The van der Waals surface area contributed by atoms with Crippen LogP contribution in [0.1, 0.15) is 23.8 Å². The number of benzene rings is 1. The van der Waals surface area contributed by atoms with E-state index >= 15 is 0 Å². The number of methoxy groups -OCH3 is 1. The molecule has 0 radical (unpaired) electrons. The third kappa shape index (κ3) is 3.51. The van der Waals surface area contributed by atoms with Crippen LogP contribution in [0.3, 0.4) is 0 Å². The van der Waals surface area contributed by atoms with Crippen LogP contribution in [0.15, 0.2) is 47.3 Å². The predicted molar refractivity (Wildman–Crippen MR) is 91.0 cm³/mol. The van der Waals surface area contributed by atoms with Gasteiger partial charge in [0.25, 0.3) is 5.89 Å². The highest BCUT2D eigenvalue weighted by Gasteiger charge is 2.28. The molecule has 3 heterocycles. The molecule has 1 saturated heterocycles. The third-order valence-corrected chi connectivity index (χ3v) is 4.41. The maximum atomic E-state index is 5.81. The zero-order valence-corrected chi connectivity index (χ0v) is 14.0. The van der Waals surface area contributed by atoms with Crippen LogP contribution < -0.4 is 4.74 Å². The molecule has 0 aliphatic carbocycles. The third-order valence-electron chi connectivity index (χ3n) is 4.41. The highest BCUT2D eigenvalue weighted by molar-refractivity contribution is 5.43. The largest absolute Gasteiger partial charge is 0.497 e. The van der Waals surface area contributed by atoms with Gasteiger partial charge in [-0.2, -0.15) is 0 Å². The fourth-order valence-electron chi connectivity index (χ4n) is 3.08. The van der Waals surface area contributed by atoms with Crippen molar-refractivity contribution in [3.63, 3.8) is 0 Å². The van der Waals surface area contributed by atoms with E-state index in [4.69, 9.17) is 9.15 Å². The van der Waals surface area contributed by atoms with Crippen molar-refractivity contribution in [2.45, 2.75) is 18.9 Å². The molecular formula is C18H19N5O2. The van der Waals surface area contributed by atoms with Gasteiger partial charge in [0.15, 0.2) is 0 Å². The molecule has 4 rings (SSSR count). The Kier molecular flexibility index (Phi) is 4.39. The summed E-state index contributed by atoms with van der Waals surface area (Å²) in [7, 11) is 1.68. The Morgan fingerprint density at radius 2 is 2.08 bits per heavy atom. The van der Waals surface area contributed by atoms with Crippen LogP contribution in [0.4, 0.5) is 0 Å². The van der Waals surface area contributed by atoms with E-state index in [0.29, 0.717) is 17.5 Å². The molecule has 25 heavy (non-hydrogen) atoms. The molecule has 0 N–H and O–H groups in total. The van der Waals surface area contributed by atoms with Crippen molar-refractivity contribution >= 4 is 0 Å². The van der Waals surface area contributed by atoms with Crippen LogP contribution in [-0.4, -0.2) is 45.3 Å². The molecule has 0 bridgehead atoms. The molecular weight excluding hydrogens is 318 g/mol. The molecule has 2 aromatic heterocycles. The Balaban J connectivity index is 1.39. The Morgan fingerprint density at radius 3 is 2.84 bits per heavy atom. The zero-order valence-electron chi connectivity index (χ0n) is 14.0. The highest BCUT2D eigenvalue weighted by Crippen LogP contribution is 2.29. The summed E-state index contributed by atoms with van der Waals surface area (Å²) in [5.74, 6) is 2.25. The van der Waals surface area contributed by atoms with E-state index in [1.165, 1.54) is 5.56 Å². The van der Waals surface area contributed by atoms with E-state index in [0.717, 1.165) is 31.8 Å². The molecule has 1 aliphatic rings. The lowest BCUT2D eigenvalue weighted by molar-refractivity contribution is 0.320. The van der Waals surface area contributed by atoms with Crippen LogP contribution >= 0.6 is 0 Å². The molecule has 1 atom stereocenters. The lowest BCUT2D eigenvalue weighted by Crippen LogP contribution is -2.19. The van der Waals surface area contributed by atoms with Crippen LogP contribution in [0, 0.1) is 0 Å². The van der Waals surface area contributed by atoms with E-state index in [9.17, 15) is 0 Å². The van der Waals surface area contributed by atoms with Gasteiger partial charge in [0.1, 0.15) is 11.4 Å². The van der Waals surface area contributed by atoms with Crippen LogP contribution in [0.25, 0.3) is 11.6 Å². The predicted octanol–water partition coefficient (Wildman–Crippen LogP) is 2.52.